The Morgan fingerprint density at radius 2 is 2.08 bits per heavy atom. The summed E-state index contributed by atoms with van der Waals surface area (Å²) >= 11 is 1.46. The lowest BCUT2D eigenvalue weighted by Gasteiger charge is -2.06. The molecule has 0 aliphatic carbocycles. The summed E-state index contributed by atoms with van der Waals surface area (Å²) in [6.07, 6.45) is 1.56. The van der Waals surface area contributed by atoms with Gasteiger partial charge in [-0.05, 0) is 24.3 Å². The average molecular weight is 338 g/mol. The second-order valence-electron chi connectivity index (χ2n) is 5.24. The molecule has 0 radical (unpaired) electrons. The smallest absolute Gasteiger partial charge is 0.261 e. The predicted molar refractivity (Wildman–Crippen MR) is 94.5 cm³/mol. The molecule has 0 fully saturated rings. The lowest BCUT2D eigenvalue weighted by Crippen LogP contribution is -2.19. The van der Waals surface area contributed by atoms with E-state index in [2.05, 4.69) is 15.0 Å². The van der Waals surface area contributed by atoms with Crippen molar-refractivity contribution in [1.29, 1.82) is 0 Å². The number of aromatic nitrogens is 4. The van der Waals surface area contributed by atoms with Gasteiger partial charge in [-0.15, -0.1) is 0 Å². The number of rotatable bonds is 4. The first-order valence-electron chi connectivity index (χ1n) is 7.35. The molecule has 0 bridgehead atoms. The first-order valence-corrected chi connectivity index (χ1v) is 8.34. The Balaban J connectivity index is 1.62. The molecule has 2 aromatic heterocycles. The number of fused-ring (bicyclic) bond motifs is 2. The highest BCUT2D eigenvalue weighted by molar-refractivity contribution is 7.98. The number of nitrogens with zero attached hydrogens (tertiary/aromatic N) is 3. The Labute approximate surface area is 141 Å². The van der Waals surface area contributed by atoms with Gasteiger partial charge < -0.3 is 9.72 Å². The summed E-state index contributed by atoms with van der Waals surface area (Å²) in [5, 5.41) is 1.35. The summed E-state index contributed by atoms with van der Waals surface area (Å²) in [4.78, 5) is 24.6. The molecule has 120 valence electrons. The van der Waals surface area contributed by atoms with Crippen LogP contribution in [-0.2, 0) is 5.88 Å². The summed E-state index contributed by atoms with van der Waals surface area (Å²) in [6, 6.07) is 13.1. The van der Waals surface area contributed by atoms with E-state index < -0.39 is 0 Å². The molecule has 4 rings (SSSR count). The van der Waals surface area contributed by atoms with Crippen LogP contribution in [0, 0.1) is 0 Å². The van der Waals surface area contributed by atoms with Gasteiger partial charge in [0.05, 0.1) is 41.3 Å². The summed E-state index contributed by atoms with van der Waals surface area (Å²) in [5.74, 6) is 1.12. The Kier molecular flexibility index (Phi) is 3.70. The fraction of sp³-hybridized carbons (Fsp3) is 0.118. The molecule has 4 aromatic rings. The molecule has 0 amide bonds. The highest BCUT2D eigenvalue weighted by Gasteiger charge is 2.07. The van der Waals surface area contributed by atoms with Crippen LogP contribution in [0.2, 0.25) is 0 Å². The molecule has 6 nitrogen and oxygen atoms in total. The average Bonchev–Trinajstić information content (AvgIpc) is 3.03. The van der Waals surface area contributed by atoms with Crippen molar-refractivity contribution in [1.82, 2.24) is 19.5 Å². The van der Waals surface area contributed by atoms with Gasteiger partial charge in [-0.2, -0.15) is 0 Å². The van der Waals surface area contributed by atoms with Crippen molar-refractivity contribution < 1.29 is 4.74 Å². The number of benzene rings is 2. The van der Waals surface area contributed by atoms with Crippen molar-refractivity contribution in [2.75, 3.05) is 7.11 Å². The highest BCUT2D eigenvalue weighted by Crippen LogP contribution is 2.21. The van der Waals surface area contributed by atoms with Crippen molar-refractivity contribution in [3.8, 4) is 5.75 Å². The Hall–Kier alpha value is -2.80. The molecule has 7 heteroatoms. The van der Waals surface area contributed by atoms with Gasteiger partial charge in [0.2, 0.25) is 0 Å². The Morgan fingerprint density at radius 1 is 1.21 bits per heavy atom. The van der Waals surface area contributed by atoms with Gasteiger partial charge in [-0.3, -0.25) is 9.36 Å². The molecule has 0 aliphatic rings. The van der Waals surface area contributed by atoms with Crippen LogP contribution in [0.4, 0.5) is 0 Å². The normalized spacial score (nSPS) is 11.2. The van der Waals surface area contributed by atoms with E-state index in [1.807, 2.05) is 24.3 Å². The van der Waals surface area contributed by atoms with E-state index in [4.69, 9.17) is 4.74 Å². The van der Waals surface area contributed by atoms with Gasteiger partial charge in [0, 0.05) is 6.07 Å². The third-order valence-electron chi connectivity index (χ3n) is 3.74. The number of hydrogen-bond acceptors (Lipinski definition) is 5. The molecule has 0 saturated heterocycles. The van der Waals surface area contributed by atoms with Gasteiger partial charge in [-0.25, -0.2) is 9.97 Å². The lowest BCUT2D eigenvalue weighted by atomic mass is 10.2. The van der Waals surface area contributed by atoms with E-state index in [1.54, 1.807) is 36.2 Å². The first-order chi connectivity index (χ1) is 11.7. The monoisotopic (exact) mass is 338 g/mol. The number of imidazole rings is 1. The molecule has 2 aromatic carbocycles. The van der Waals surface area contributed by atoms with Crippen LogP contribution < -0.4 is 10.3 Å². The minimum atomic E-state index is -0.0775. The summed E-state index contributed by atoms with van der Waals surface area (Å²) in [5.41, 5.74) is 2.45. The molecule has 0 unspecified atom stereocenters. The van der Waals surface area contributed by atoms with E-state index in [-0.39, 0.29) is 5.56 Å². The van der Waals surface area contributed by atoms with Crippen LogP contribution in [0.3, 0.4) is 0 Å². The molecule has 0 atom stereocenters. The van der Waals surface area contributed by atoms with E-state index in [0.717, 1.165) is 16.2 Å². The van der Waals surface area contributed by atoms with Crippen molar-refractivity contribution >= 4 is 33.7 Å². The number of aromatic amines is 1. The number of methoxy groups -OCH3 is 1. The number of para-hydroxylation sites is 2. The number of ether oxygens (including phenoxy) is 1. The van der Waals surface area contributed by atoms with Crippen LogP contribution in [0.25, 0.3) is 21.9 Å². The zero-order valence-electron chi connectivity index (χ0n) is 12.9. The Bertz CT molecular complexity index is 1050. The third kappa shape index (κ3) is 2.63. The minimum Gasteiger partial charge on any atom is -0.497 e. The van der Waals surface area contributed by atoms with Gasteiger partial charge in [0.25, 0.3) is 5.56 Å². The van der Waals surface area contributed by atoms with Crippen molar-refractivity contribution in [2.45, 2.75) is 11.0 Å². The van der Waals surface area contributed by atoms with Gasteiger partial charge in [0.15, 0.2) is 5.16 Å². The van der Waals surface area contributed by atoms with Gasteiger partial charge in [0.1, 0.15) is 5.75 Å². The molecule has 0 saturated carbocycles. The molecular weight excluding hydrogens is 324 g/mol. The number of hydrogen-bond donors (Lipinski definition) is 1. The van der Waals surface area contributed by atoms with Gasteiger partial charge >= 0.3 is 0 Å². The van der Waals surface area contributed by atoms with Gasteiger partial charge in [-0.1, -0.05) is 23.9 Å². The number of H-pyrrole nitrogens is 1. The van der Waals surface area contributed by atoms with E-state index in [0.29, 0.717) is 22.5 Å². The quantitative estimate of drug-likeness (QED) is 0.579. The SMILES string of the molecule is COc1ccc2c(=O)n(CSc3nc4ccccc4[nH]3)cnc2c1. The maximum atomic E-state index is 12.6. The van der Waals surface area contributed by atoms with Crippen LogP contribution in [0.5, 0.6) is 5.75 Å². The molecule has 0 spiro atoms. The summed E-state index contributed by atoms with van der Waals surface area (Å²) in [7, 11) is 1.59. The van der Waals surface area contributed by atoms with Crippen molar-refractivity contribution in [3.63, 3.8) is 0 Å². The minimum absolute atomic E-state index is 0.0775. The largest absolute Gasteiger partial charge is 0.497 e. The first kappa shape index (κ1) is 14.8. The second-order valence-corrected chi connectivity index (χ2v) is 6.17. The summed E-state index contributed by atoms with van der Waals surface area (Å²) in [6.45, 7) is 0. The van der Waals surface area contributed by atoms with E-state index in [9.17, 15) is 4.79 Å². The fourth-order valence-electron chi connectivity index (χ4n) is 2.49. The zero-order chi connectivity index (χ0) is 16.5. The molecular formula is C17H14N4O2S. The maximum absolute atomic E-state index is 12.6. The second kappa shape index (κ2) is 6.01. The lowest BCUT2D eigenvalue weighted by molar-refractivity contribution is 0.415. The topological polar surface area (TPSA) is 72.8 Å². The predicted octanol–water partition coefficient (Wildman–Crippen LogP) is 3.03. The maximum Gasteiger partial charge on any atom is 0.261 e. The molecule has 0 aliphatic heterocycles. The highest BCUT2D eigenvalue weighted by atomic mass is 32.2. The zero-order valence-corrected chi connectivity index (χ0v) is 13.7. The molecule has 24 heavy (non-hydrogen) atoms. The van der Waals surface area contributed by atoms with E-state index >= 15 is 0 Å². The Morgan fingerprint density at radius 3 is 2.92 bits per heavy atom. The van der Waals surface area contributed by atoms with Crippen LogP contribution in [0.1, 0.15) is 0 Å². The van der Waals surface area contributed by atoms with Crippen LogP contribution in [-0.4, -0.2) is 26.6 Å². The third-order valence-corrected chi connectivity index (χ3v) is 4.61. The fourth-order valence-corrected chi connectivity index (χ4v) is 3.28. The molecule has 2 heterocycles. The number of nitrogens with one attached hydrogen (secondary N) is 1. The van der Waals surface area contributed by atoms with Crippen molar-refractivity contribution in [2.24, 2.45) is 0 Å². The number of thioether (sulfide) groups is 1. The standard InChI is InChI=1S/C17H14N4O2S/c1-23-11-6-7-12-15(8-11)18-9-21(16(12)22)10-24-17-19-13-4-2-3-5-14(13)20-17/h2-9H,10H2,1H3,(H,19,20). The van der Waals surface area contributed by atoms with Crippen LogP contribution in [0.15, 0.2) is 58.7 Å². The van der Waals surface area contributed by atoms with E-state index in [1.165, 1.54) is 11.8 Å². The van der Waals surface area contributed by atoms with Crippen molar-refractivity contribution in [3.05, 3.63) is 59.1 Å². The summed E-state index contributed by atoms with van der Waals surface area (Å²) < 4.78 is 6.74. The molecule has 1 N–H and O–H groups in total. The van der Waals surface area contributed by atoms with Crippen LogP contribution >= 0.6 is 11.8 Å².